The zero-order valence-electron chi connectivity index (χ0n) is 47.1. The number of fused-ring (bicyclic) bond motifs is 6. The molecule has 3 heterocycles. The van der Waals surface area contributed by atoms with E-state index in [1.807, 2.05) is 0 Å². The fraction of sp³-hybridized carbons (Fsp3) is 0. The molecule has 0 N–H and O–H groups in total. The van der Waals surface area contributed by atoms with Crippen LogP contribution in [0.1, 0.15) is 0 Å². The molecule has 0 saturated carbocycles. The van der Waals surface area contributed by atoms with Crippen LogP contribution in [0.3, 0.4) is 0 Å². The predicted octanol–water partition coefficient (Wildman–Crippen LogP) is 23.1. The van der Waals surface area contributed by atoms with Crippen molar-refractivity contribution < 1.29 is 0 Å². The first-order valence-corrected chi connectivity index (χ1v) is 30.9. The maximum absolute atomic E-state index is 5.57. The minimum Gasteiger partial charge on any atom is -0.309 e. The zero-order chi connectivity index (χ0) is 57.6. The smallest absolute Gasteiger partial charge is 0.164 e. The molecule has 0 atom stereocenters. The molecule has 0 bridgehead atoms. The highest BCUT2D eigenvalue weighted by atomic mass is 32.1. The summed E-state index contributed by atoms with van der Waals surface area (Å²) in [4.78, 5) is 19.1. The summed E-state index contributed by atoms with van der Waals surface area (Å²) in [6.07, 6.45) is 0. The second-order valence-corrected chi connectivity index (χ2v) is 24.1. The van der Waals surface area contributed by atoms with Crippen molar-refractivity contribution in [3.8, 4) is 101 Å². The summed E-state index contributed by atoms with van der Waals surface area (Å²) < 4.78 is 4.87. The van der Waals surface area contributed by atoms with Gasteiger partial charge in [0.2, 0.25) is 0 Å². The van der Waals surface area contributed by atoms with E-state index in [1.54, 1.807) is 22.7 Å². The lowest BCUT2D eigenvalue weighted by atomic mass is 9.90. The van der Waals surface area contributed by atoms with Crippen molar-refractivity contribution in [1.29, 1.82) is 0 Å². The minimum absolute atomic E-state index is 0.574. The first-order valence-electron chi connectivity index (χ1n) is 29.3. The fourth-order valence-corrected chi connectivity index (χ4v) is 14.5. The van der Waals surface area contributed by atoms with E-state index in [-0.39, 0.29) is 0 Å². The van der Waals surface area contributed by atoms with Gasteiger partial charge in [-0.1, -0.05) is 243 Å². The summed E-state index contributed by atoms with van der Waals surface area (Å²) in [7, 11) is 0. The normalized spacial score (nSPS) is 11.4. The Morgan fingerprint density at radius 3 is 0.862 bits per heavy atom. The van der Waals surface area contributed by atoms with Crippen molar-refractivity contribution in [3.05, 3.63) is 315 Å². The SMILES string of the molecule is c1ccc(-c2cc(-c3ccccc3)cc(N(c3cc(-c4ccccc4)cc(-c4ccccc4)c3)c3c(-c4ccccc4)cc(-c4nc(-c5ccc6c(c5)sc5ccccc56)nc(-c5ccc6c(c5)sc5ccccc56)n4)cc3-c3ccccc3)c2)cc1. The predicted molar refractivity (Wildman–Crippen MR) is 369 cm³/mol. The van der Waals surface area contributed by atoms with Gasteiger partial charge in [-0.3, -0.25) is 0 Å². The summed E-state index contributed by atoms with van der Waals surface area (Å²) >= 11 is 3.60. The molecule has 0 radical (unpaired) electrons. The Morgan fingerprint density at radius 1 is 0.207 bits per heavy atom. The Balaban J connectivity index is 1.000. The molecular weight excluding hydrogens is 1090 g/mol. The molecule has 4 nitrogen and oxygen atoms in total. The van der Waals surface area contributed by atoms with Gasteiger partial charge in [-0.25, -0.2) is 15.0 Å². The second-order valence-electron chi connectivity index (χ2n) is 21.9. The average molecular weight is 1150 g/mol. The third kappa shape index (κ3) is 9.93. The van der Waals surface area contributed by atoms with Crippen LogP contribution >= 0.6 is 22.7 Å². The van der Waals surface area contributed by atoms with Crippen LogP contribution in [0.25, 0.3) is 141 Å². The number of rotatable bonds is 12. The molecular formula is C81H52N4S2. The molecule has 0 aliphatic heterocycles. The van der Waals surface area contributed by atoms with Gasteiger partial charge in [0.05, 0.1) is 5.69 Å². The Labute approximate surface area is 512 Å². The van der Waals surface area contributed by atoms with E-state index in [4.69, 9.17) is 15.0 Å². The van der Waals surface area contributed by atoms with Crippen LogP contribution in [-0.4, -0.2) is 15.0 Å². The molecule has 0 aliphatic carbocycles. The van der Waals surface area contributed by atoms with E-state index in [2.05, 4.69) is 320 Å². The van der Waals surface area contributed by atoms with Gasteiger partial charge in [0.15, 0.2) is 17.5 Å². The molecule has 13 aromatic carbocycles. The van der Waals surface area contributed by atoms with Gasteiger partial charge in [-0.15, -0.1) is 22.7 Å². The van der Waals surface area contributed by atoms with Crippen molar-refractivity contribution in [3.63, 3.8) is 0 Å². The topological polar surface area (TPSA) is 41.9 Å². The van der Waals surface area contributed by atoms with E-state index in [9.17, 15) is 0 Å². The minimum atomic E-state index is 0.574. The third-order valence-electron chi connectivity index (χ3n) is 16.5. The average Bonchev–Trinajstić information content (AvgIpc) is 1.84. The van der Waals surface area contributed by atoms with Gasteiger partial charge in [0.25, 0.3) is 0 Å². The van der Waals surface area contributed by atoms with Crippen molar-refractivity contribution in [2.45, 2.75) is 0 Å². The van der Waals surface area contributed by atoms with Gasteiger partial charge in [-0.2, -0.15) is 0 Å². The molecule has 0 unspecified atom stereocenters. The van der Waals surface area contributed by atoms with E-state index in [0.29, 0.717) is 17.5 Å². The number of thiophene rings is 2. The highest BCUT2D eigenvalue weighted by Crippen LogP contribution is 2.51. The summed E-state index contributed by atoms with van der Waals surface area (Å²) in [5.41, 5.74) is 18.7. The summed E-state index contributed by atoms with van der Waals surface area (Å²) in [6.45, 7) is 0. The lowest BCUT2D eigenvalue weighted by Crippen LogP contribution is -2.14. The van der Waals surface area contributed by atoms with Crippen molar-refractivity contribution >= 4 is 80.1 Å². The number of hydrogen-bond acceptors (Lipinski definition) is 6. The molecule has 87 heavy (non-hydrogen) atoms. The van der Waals surface area contributed by atoms with Crippen LogP contribution in [0.5, 0.6) is 0 Å². The molecule has 408 valence electrons. The number of aromatic nitrogens is 3. The Bertz CT molecular complexity index is 4770. The zero-order valence-corrected chi connectivity index (χ0v) is 48.8. The van der Waals surface area contributed by atoms with Crippen LogP contribution in [0, 0.1) is 0 Å². The van der Waals surface area contributed by atoms with Gasteiger partial charge in [-0.05, 0) is 128 Å². The number of nitrogens with zero attached hydrogens (tertiary/aromatic N) is 4. The Hall–Kier alpha value is -10.9. The van der Waals surface area contributed by atoms with Gasteiger partial charge >= 0.3 is 0 Å². The van der Waals surface area contributed by atoms with Crippen LogP contribution in [-0.2, 0) is 0 Å². The molecule has 16 aromatic rings. The van der Waals surface area contributed by atoms with Crippen LogP contribution in [0.15, 0.2) is 315 Å². The Morgan fingerprint density at radius 2 is 0.506 bits per heavy atom. The molecule has 16 rings (SSSR count). The van der Waals surface area contributed by atoms with Gasteiger partial charge in [0.1, 0.15) is 0 Å². The third-order valence-corrected chi connectivity index (χ3v) is 18.7. The number of hydrogen-bond donors (Lipinski definition) is 0. The molecule has 3 aromatic heterocycles. The number of anilines is 3. The van der Waals surface area contributed by atoms with E-state index >= 15 is 0 Å². The van der Waals surface area contributed by atoms with Crippen molar-refractivity contribution in [2.75, 3.05) is 4.90 Å². The van der Waals surface area contributed by atoms with Gasteiger partial charge < -0.3 is 4.90 Å². The van der Waals surface area contributed by atoms with Crippen LogP contribution < -0.4 is 4.90 Å². The highest BCUT2D eigenvalue weighted by Gasteiger charge is 2.27. The molecule has 0 fully saturated rings. The maximum Gasteiger partial charge on any atom is 0.164 e. The first-order chi connectivity index (χ1) is 43.1. The largest absolute Gasteiger partial charge is 0.309 e. The van der Waals surface area contributed by atoms with Crippen LogP contribution in [0.2, 0.25) is 0 Å². The Kier molecular flexibility index (Phi) is 13.2. The van der Waals surface area contributed by atoms with E-state index in [0.717, 1.165) is 101 Å². The second kappa shape index (κ2) is 22.3. The summed E-state index contributed by atoms with van der Waals surface area (Å²) in [5.74, 6) is 1.79. The molecule has 0 spiro atoms. The summed E-state index contributed by atoms with van der Waals surface area (Å²) in [5, 5.41) is 4.94. The monoisotopic (exact) mass is 1140 g/mol. The van der Waals surface area contributed by atoms with Crippen LogP contribution in [0.4, 0.5) is 17.1 Å². The quantitative estimate of drug-likeness (QED) is 0.122. The van der Waals surface area contributed by atoms with E-state index in [1.165, 1.54) is 40.3 Å². The molecule has 0 aliphatic rings. The highest BCUT2D eigenvalue weighted by molar-refractivity contribution is 7.26. The molecule has 0 amide bonds. The number of benzene rings is 13. The fourth-order valence-electron chi connectivity index (χ4n) is 12.3. The van der Waals surface area contributed by atoms with Crippen molar-refractivity contribution in [2.24, 2.45) is 0 Å². The lowest BCUT2D eigenvalue weighted by molar-refractivity contribution is 1.08. The molecule has 0 saturated heterocycles. The van der Waals surface area contributed by atoms with E-state index < -0.39 is 0 Å². The first kappa shape index (κ1) is 51.7. The standard InChI is InChI=1S/C81H52N4S2/c1-7-23-53(24-8-1)61-43-62(54-25-9-2-10-26-54)46-66(45-61)85(67-47-63(55-27-11-3-12-28-55)44-64(48-67)56-29-13-4-14-30-56)78-72(57-31-15-5-16-32-57)49-65(50-73(78)58-33-17-6-18-34-58)81-83-79(59-39-41-70-68-35-19-21-37-74(68)86-76(70)51-59)82-80(84-81)60-40-42-71-69-36-20-22-38-75(69)87-77(71)52-60/h1-52H. The van der Waals surface area contributed by atoms with Gasteiger partial charge in [0, 0.05) is 79.5 Å². The molecule has 6 heteroatoms. The van der Waals surface area contributed by atoms with Crippen molar-refractivity contribution in [1.82, 2.24) is 15.0 Å². The maximum atomic E-state index is 5.57. The lowest BCUT2D eigenvalue weighted by Gasteiger charge is -2.32. The summed E-state index contributed by atoms with van der Waals surface area (Å²) in [6, 6.07) is 114.